The van der Waals surface area contributed by atoms with E-state index in [0.717, 1.165) is 51.4 Å². The van der Waals surface area contributed by atoms with E-state index in [1.807, 2.05) is 6.08 Å². The average molecular weight is 571 g/mol. The maximum Gasteiger partial charge on any atom is 0.305 e. The van der Waals surface area contributed by atoms with Crippen LogP contribution >= 0.6 is 0 Å². The maximum atomic E-state index is 11.9. The molecule has 0 aromatic carbocycles. The average Bonchev–Trinajstić information content (AvgIpc) is 2.95. The van der Waals surface area contributed by atoms with Gasteiger partial charge >= 0.3 is 11.9 Å². The number of allylic oxidation sites excluding steroid dienone is 1. The maximum absolute atomic E-state index is 11.9. The Morgan fingerprint density at radius 1 is 0.575 bits per heavy atom. The highest BCUT2D eigenvalue weighted by atomic mass is 16.6. The first-order chi connectivity index (χ1) is 19.4. The normalized spacial score (nSPS) is 13.8. The number of ether oxygens (including phenoxy) is 2. The fraction of sp³-hybridized carbons (Fsp3) is 0.879. The van der Waals surface area contributed by atoms with Gasteiger partial charge < -0.3 is 24.8 Å². The lowest BCUT2D eigenvalue weighted by Gasteiger charge is -2.16. The fourth-order valence-electron chi connectivity index (χ4n) is 4.52. The van der Waals surface area contributed by atoms with Crippen molar-refractivity contribution in [3.05, 3.63) is 12.2 Å². The van der Waals surface area contributed by atoms with E-state index < -0.39 is 18.3 Å². The minimum absolute atomic E-state index is 0.153. The molecule has 0 aliphatic heterocycles. The molecule has 0 saturated carbocycles. The van der Waals surface area contributed by atoms with E-state index in [1.54, 1.807) is 0 Å². The first-order valence-corrected chi connectivity index (χ1v) is 16.4. The van der Waals surface area contributed by atoms with Crippen LogP contribution in [-0.2, 0) is 19.1 Å². The van der Waals surface area contributed by atoms with Crippen LogP contribution in [0.1, 0.15) is 155 Å². The van der Waals surface area contributed by atoms with Crippen LogP contribution in [0.15, 0.2) is 12.2 Å². The largest absolute Gasteiger partial charge is 0.463 e. The van der Waals surface area contributed by atoms with Gasteiger partial charge in [0, 0.05) is 12.8 Å². The van der Waals surface area contributed by atoms with Crippen LogP contribution in [-0.4, -0.2) is 58.8 Å². The summed E-state index contributed by atoms with van der Waals surface area (Å²) in [6.07, 6.45) is 22.9. The first-order valence-electron chi connectivity index (χ1n) is 16.4. The fourth-order valence-corrected chi connectivity index (χ4v) is 4.52. The molecule has 0 unspecified atom stereocenters. The molecule has 0 amide bonds. The summed E-state index contributed by atoms with van der Waals surface area (Å²) in [5, 5.41) is 30.1. The number of carbonyl (C=O) groups excluding carboxylic acids is 2. The number of rotatable bonds is 29. The van der Waals surface area contributed by atoms with Crippen LogP contribution in [0.25, 0.3) is 0 Å². The van der Waals surface area contributed by atoms with Crippen LogP contribution in [0.2, 0.25) is 0 Å². The van der Waals surface area contributed by atoms with Crippen LogP contribution in [0, 0.1) is 0 Å². The third kappa shape index (κ3) is 26.8. The number of unbranched alkanes of at least 4 members (excludes halogenated alkanes) is 15. The standard InChI is InChI=1S/C33H62O7/c1-3-5-7-9-11-12-13-17-21-25-32(37)39-27-29(34)28-40-33(38)26-22-18-14-16-20-24-31(36)30(35)23-19-15-10-8-6-4-2/h15,19,29-31,34-36H,3-14,16-18,20-28H2,1-2H3/b19-15-/t29-,30-,31-/m1/s1. The Labute approximate surface area is 245 Å². The summed E-state index contributed by atoms with van der Waals surface area (Å²) in [7, 11) is 0. The van der Waals surface area contributed by atoms with E-state index >= 15 is 0 Å². The monoisotopic (exact) mass is 570 g/mol. The van der Waals surface area contributed by atoms with Gasteiger partial charge in [0.2, 0.25) is 0 Å². The molecule has 3 atom stereocenters. The van der Waals surface area contributed by atoms with E-state index in [9.17, 15) is 24.9 Å². The predicted molar refractivity (Wildman–Crippen MR) is 162 cm³/mol. The molecule has 40 heavy (non-hydrogen) atoms. The van der Waals surface area contributed by atoms with Crippen molar-refractivity contribution in [1.29, 1.82) is 0 Å². The molecule has 0 fully saturated rings. The summed E-state index contributed by atoms with van der Waals surface area (Å²) in [5.41, 5.74) is 0. The Morgan fingerprint density at radius 3 is 1.55 bits per heavy atom. The lowest BCUT2D eigenvalue weighted by Crippen LogP contribution is -2.25. The van der Waals surface area contributed by atoms with Crippen molar-refractivity contribution >= 4 is 11.9 Å². The molecule has 0 rings (SSSR count). The van der Waals surface area contributed by atoms with Gasteiger partial charge in [-0.25, -0.2) is 0 Å². The Hall–Kier alpha value is -1.44. The summed E-state index contributed by atoms with van der Waals surface area (Å²) < 4.78 is 10.2. The van der Waals surface area contributed by atoms with Crippen molar-refractivity contribution in [3.8, 4) is 0 Å². The minimum Gasteiger partial charge on any atom is -0.463 e. The SMILES string of the molecule is CCCCC/C=C\C[C@@H](O)[C@H](O)CCCCCCCC(=O)OC[C@H](O)COC(=O)CCCCCCCCCCC. The molecular weight excluding hydrogens is 508 g/mol. The molecule has 7 nitrogen and oxygen atoms in total. The van der Waals surface area contributed by atoms with Gasteiger partial charge in [-0.3, -0.25) is 9.59 Å². The van der Waals surface area contributed by atoms with Gasteiger partial charge in [-0.15, -0.1) is 0 Å². The van der Waals surface area contributed by atoms with Gasteiger partial charge in [0.25, 0.3) is 0 Å². The molecule has 0 saturated heterocycles. The van der Waals surface area contributed by atoms with E-state index in [-0.39, 0.29) is 31.6 Å². The first kappa shape index (κ1) is 38.6. The van der Waals surface area contributed by atoms with Crippen molar-refractivity contribution in [3.63, 3.8) is 0 Å². The molecule has 0 heterocycles. The lowest BCUT2D eigenvalue weighted by atomic mass is 10.0. The van der Waals surface area contributed by atoms with Crippen molar-refractivity contribution in [2.75, 3.05) is 13.2 Å². The molecule has 0 radical (unpaired) electrons. The van der Waals surface area contributed by atoms with Gasteiger partial charge in [0.15, 0.2) is 0 Å². The van der Waals surface area contributed by atoms with Crippen LogP contribution in [0.3, 0.4) is 0 Å². The zero-order chi connectivity index (χ0) is 29.7. The summed E-state index contributed by atoms with van der Waals surface area (Å²) in [5.74, 6) is -0.675. The number of esters is 2. The van der Waals surface area contributed by atoms with Crippen LogP contribution < -0.4 is 0 Å². The summed E-state index contributed by atoms with van der Waals surface area (Å²) >= 11 is 0. The summed E-state index contributed by atoms with van der Waals surface area (Å²) in [6, 6.07) is 0. The molecule has 0 aromatic rings. The van der Waals surface area contributed by atoms with Crippen LogP contribution in [0.5, 0.6) is 0 Å². The molecule has 0 aliphatic rings. The van der Waals surface area contributed by atoms with Gasteiger partial charge in [-0.05, 0) is 38.5 Å². The number of aliphatic hydroxyl groups excluding tert-OH is 3. The second-order valence-corrected chi connectivity index (χ2v) is 11.2. The van der Waals surface area contributed by atoms with E-state index in [0.29, 0.717) is 25.7 Å². The zero-order valence-electron chi connectivity index (χ0n) is 25.8. The van der Waals surface area contributed by atoms with Crippen molar-refractivity contribution < 1.29 is 34.4 Å². The highest BCUT2D eigenvalue weighted by molar-refractivity contribution is 5.69. The molecule has 236 valence electrons. The topological polar surface area (TPSA) is 113 Å². The van der Waals surface area contributed by atoms with E-state index in [4.69, 9.17) is 9.47 Å². The minimum atomic E-state index is -1.01. The second kappa shape index (κ2) is 29.1. The third-order valence-electron chi connectivity index (χ3n) is 7.20. The number of carbonyl (C=O) groups is 2. The number of aliphatic hydroxyl groups is 3. The Bertz CT molecular complexity index is 608. The van der Waals surface area contributed by atoms with Crippen molar-refractivity contribution in [2.24, 2.45) is 0 Å². The molecular formula is C33H62O7. The van der Waals surface area contributed by atoms with E-state index in [1.165, 1.54) is 57.8 Å². The van der Waals surface area contributed by atoms with Gasteiger partial charge in [-0.2, -0.15) is 0 Å². The molecule has 0 aromatic heterocycles. The van der Waals surface area contributed by atoms with E-state index in [2.05, 4.69) is 19.9 Å². The third-order valence-corrected chi connectivity index (χ3v) is 7.20. The van der Waals surface area contributed by atoms with Crippen molar-refractivity contribution in [1.82, 2.24) is 0 Å². The highest BCUT2D eigenvalue weighted by Crippen LogP contribution is 2.14. The number of hydrogen-bond acceptors (Lipinski definition) is 7. The molecule has 7 heteroatoms. The van der Waals surface area contributed by atoms with Crippen molar-refractivity contribution in [2.45, 2.75) is 173 Å². The molecule has 0 spiro atoms. The summed E-state index contributed by atoms with van der Waals surface area (Å²) in [4.78, 5) is 23.7. The molecule has 0 bridgehead atoms. The quantitative estimate of drug-likeness (QED) is 0.0490. The van der Waals surface area contributed by atoms with Crippen LogP contribution in [0.4, 0.5) is 0 Å². The number of hydrogen-bond donors (Lipinski definition) is 3. The van der Waals surface area contributed by atoms with Gasteiger partial charge in [-0.1, -0.05) is 116 Å². The zero-order valence-corrected chi connectivity index (χ0v) is 25.8. The smallest absolute Gasteiger partial charge is 0.305 e. The van der Waals surface area contributed by atoms with Gasteiger partial charge in [0.05, 0.1) is 12.2 Å². The Balaban J connectivity index is 3.60. The summed E-state index contributed by atoms with van der Waals surface area (Å²) in [6.45, 7) is 4.07. The molecule has 0 aliphatic carbocycles. The van der Waals surface area contributed by atoms with Gasteiger partial charge in [0.1, 0.15) is 19.3 Å². The lowest BCUT2D eigenvalue weighted by molar-refractivity contribution is -0.152. The second-order valence-electron chi connectivity index (χ2n) is 11.2. The predicted octanol–water partition coefficient (Wildman–Crippen LogP) is 7.33. The Morgan fingerprint density at radius 2 is 1.02 bits per heavy atom. The molecule has 3 N–H and O–H groups in total. The Kier molecular flexibility index (Phi) is 28.0. The highest BCUT2D eigenvalue weighted by Gasteiger charge is 2.14.